The summed E-state index contributed by atoms with van der Waals surface area (Å²) < 4.78 is 0. The Labute approximate surface area is 121 Å². The molecule has 0 heterocycles. The Kier molecular flexibility index (Phi) is 7.87. The molecule has 0 amide bonds. The highest BCUT2D eigenvalue weighted by atomic mass is 35.5. The van der Waals surface area contributed by atoms with E-state index in [2.05, 4.69) is 30.3 Å². The largest absolute Gasteiger partial charge is 0.396 e. The summed E-state index contributed by atoms with van der Waals surface area (Å²) in [6.45, 7) is 5.20. The highest BCUT2D eigenvalue weighted by Gasteiger charge is 2.08. The number of aliphatic hydroxyl groups is 1. The van der Waals surface area contributed by atoms with E-state index in [1.54, 1.807) is 0 Å². The van der Waals surface area contributed by atoms with Crippen LogP contribution >= 0.6 is 11.6 Å². The second-order valence-electron chi connectivity index (χ2n) is 4.76. The van der Waals surface area contributed by atoms with Gasteiger partial charge >= 0.3 is 0 Å². The van der Waals surface area contributed by atoms with E-state index >= 15 is 0 Å². The fourth-order valence-electron chi connectivity index (χ4n) is 2.06. The van der Waals surface area contributed by atoms with Crippen LogP contribution in [0.2, 0.25) is 5.02 Å². The molecule has 2 N–H and O–H groups in total. The van der Waals surface area contributed by atoms with Crippen molar-refractivity contribution in [1.82, 2.24) is 5.32 Å². The third kappa shape index (κ3) is 5.81. The van der Waals surface area contributed by atoms with Crippen LogP contribution in [0.4, 0.5) is 5.69 Å². The van der Waals surface area contributed by atoms with Gasteiger partial charge in [0.15, 0.2) is 0 Å². The number of halogens is 1. The summed E-state index contributed by atoms with van der Waals surface area (Å²) in [6.07, 6.45) is 3.03. The van der Waals surface area contributed by atoms with E-state index in [1.807, 2.05) is 12.1 Å². The van der Waals surface area contributed by atoms with Crippen LogP contribution in [0.15, 0.2) is 18.2 Å². The Bertz CT molecular complexity index is 371. The smallest absolute Gasteiger partial charge is 0.0431 e. The van der Waals surface area contributed by atoms with E-state index in [1.165, 1.54) is 11.3 Å². The van der Waals surface area contributed by atoms with E-state index in [9.17, 15) is 0 Å². The molecular weight excluding hydrogens is 260 g/mol. The summed E-state index contributed by atoms with van der Waals surface area (Å²) in [6, 6.07) is 6.06. The lowest BCUT2D eigenvalue weighted by Gasteiger charge is -2.23. The summed E-state index contributed by atoms with van der Waals surface area (Å²) in [7, 11) is 2.10. The minimum Gasteiger partial charge on any atom is -0.396 e. The molecule has 0 saturated heterocycles. The first kappa shape index (κ1) is 16.3. The molecule has 0 unspecified atom stereocenters. The highest BCUT2D eigenvalue weighted by Crippen LogP contribution is 2.24. The van der Waals surface area contributed by atoms with Gasteiger partial charge in [-0.25, -0.2) is 0 Å². The van der Waals surface area contributed by atoms with Gasteiger partial charge in [0, 0.05) is 37.5 Å². The Morgan fingerprint density at radius 2 is 2.05 bits per heavy atom. The number of benzene rings is 1. The standard InChI is InChI=1S/C15H25ClN2O/c1-3-17-12-13-7-8-14(16)11-15(13)18(2)9-5-4-6-10-19/h7-8,11,17,19H,3-6,9-10,12H2,1-2H3. The fraction of sp³-hybridized carbons (Fsp3) is 0.600. The van der Waals surface area contributed by atoms with Crippen molar-refractivity contribution in [2.45, 2.75) is 32.7 Å². The Morgan fingerprint density at radius 3 is 2.74 bits per heavy atom. The molecule has 0 aliphatic rings. The monoisotopic (exact) mass is 284 g/mol. The van der Waals surface area contributed by atoms with E-state index in [4.69, 9.17) is 16.7 Å². The summed E-state index contributed by atoms with van der Waals surface area (Å²) in [4.78, 5) is 2.25. The zero-order chi connectivity index (χ0) is 14.1. The number of unbranched alkanes of at least 4 members (excludes halogenated alkanes) is 2. The normalized spacial score (nSPS) is 10.7. The third-order valence-corrected chi connectivity index (χ3v) is 3.41. The molecule has 1 aromatic carbocycles. The van der Waals surface area contributed by atoms with Crippen molar-refractivity contribution < 1.29 is 5.11 Å². The number of nitrogens with one attached hydrogen (secondary N) is 1. The van der Waals surface area contributed by atoms with Crippen LogP contribution in [0.3, 0.4) is 0 Å². The van der Waals surface area contributed by atoms with Crippen LogP contribution in [0.1, 0.15) is 31.7 Å². The maximum atomic E-state index is 8.79. The molecule has 1 rings (SSSR count). The van der Waals surface area contributed by atoms with Crippen molar-refractivity contribution in [2.75, 3.05) is 31.6 Å². The summed E-state index contributed by atoms with van der Waals surface area (Å²) in [5, 5.41) is 12.9. The van der Waals surface area contributed by atoms with Crippen LogP contribution in [-0.2, 0) is 6.54 Å². The number of anilines is 1. The molecule has 3 nitrogen and oxygen atoms in total. The lowest BCUT2D eigenvalue weighted by molar-refractivity contribution is 0.283. The minimum absolute atomic E-state index is 0.284. The summed E-state index contributed by atoms with van der Waals surface area (Å²) in [5.41, 5.74) is 2.47. The summed E-state index contributed by atoms with van der Waals surface area (Å²) in [5.74, 6) is 0. The zero-order valence-electron chi connectivity index (χ0n) is 12.0. The Hall–Kier alpha value is -0.770. The quantitative estimate of drug-likeness (QED) is 0.684. The van der Waals surface area contributed by atoms with Crippen LogP contribution in [0.25, 0.3) is 0 Å². The predicted molar refractivity (Wildman–Crippen MR) is 83.0 cm³/mol. The molecule has 0 atom stereocenters. The number of aliphatic hydroxyl groups excluding tert-OH is 1. The lowest BCUT2D eigenvalue weighted by Crippen LogP contribution is -2.22. The van der Waals surface area contributed by atoms with Gasteiger partial charge in [-0.15, -0.1) is 0 Å². The average molecular weight is 285 g/mol. The SMILES string of the molecule is CCNCc1ccc(Cl)cc1N(C)CCCCCO. The maximum absolute atomic E-state index is 8.79. The molecule has 0 bridgehead atoms. The van der Waals surface area contributed by atoms with Crippen LogP contribution in [0.5, 0.6) is 0 Å². The fourth-order valence-corrected chi connectivity index (χ4v) is 2.23. The van der Waals surface area contributed by atoms with Gasteiger partial charge < -0.3 is 15.3 Å². The molecule has 0 aromatic heterocycles. The van der Waals surface area contributed by atoms with E-state index in [-0.39, 0.29) is 6.61 Å². The molecule has 0 aliphatic carbocycles. The molecule has 0 saturated carbocycles. The first-order chi connectivity index (χ1) is 9.19. The van der Waals surface area contributed by atoms with Crippen molar-refractivity contribution in [3.05, 3.63) is 28.8 Å². The molecular formula is C15H25ClN2O. The maximum Gasteiger partial charge on any atom is 0.0431 e. The van der Waals surface area contributed by atoms with E-state index in [0.29, 0.717) is 0 Å². The van der Waals surface area contributed by atoms with Crippen LogP contribution in [-0.4, -0.2) is 31.9 Å². The Balaban J connectivity index is 2.64. The van der Waals surface area contributed by atoms with Crippen LogP contribution < -0.4 is 10.2 Å². The molecule has 108 valence electrons. The molecule has 0 spiro atoms. The minimum atomic E-state index is 0.284. The molecule has 1 aromatic rings. The predicted octanol–water partition coefficient (Wildman–Crippen LogP) is 3.05. The molecule has 0 radical (unpaired) electrons. The first-order valence-corrected chi connectivity index (χ1v) is 7.38. The number of hydrogen-bond acceptors (Lipinski definition) is 3. The number of hydrogen-bond donors (Lipinski definition) is 2. The van der Waals surface area contributed by atoms with Gasteiger partial charge in [-0.05, 0) is 43.5 Å². The van der Waals surface area contributed by atoms with E-state index < -0.39 is 0 Å². The van der Waals surface area contributed by atoms with Crippen molar-refractivity contribution in [3.63, 3.8) is 0 Å². The van der Waals surface area contributed by atoms with Gasteiger partial charge in [0.25, 0.3) is 0 Å². The summed E-state index contributed by atoms with van der Waals surface area (Å²) >= 11 is 6.10. The van der Waals surface area contributed by atoms with Gasteiger partial charge in [-0.1, -0.05) is 24.6 Å². The topological polar surface area (TPSA) is 35.5 Å². The zero-order valence-corrected chi connectivity index (χ0v) is 12.7. The molecule has 4 heteroatoms. The number of nitrogens with zero attached hydrogens (tertiary/aromatic N) is 1. The average Bonchev–Trinajstić information content (AvgIpc) is 2.42. The molecule has 19 heavy (non-hydrogen) atoms. The van der Waals surface area contributed by atoms with Gasteiger partial charge in [-0.3, -0.25) is 0 Å². The second-order valence-corrected chi connectivity index (χ2v) is 5.20. The van der Waals surface area contributed by atoms with Gasteiger partial charge in [0.1, 0.15) is 0 Å². The number of rotatable bonds is 9. The lowest BCUT2D eigenvalue weighted by atomic mass is 10.1. The molecule has 0 aliphatic heterocycles. The van der Waals surface area contributed by atoms with Gasteiger partial charge in [0.05, 0.1) is 0 Å². The third-order valence-electron chi connectivity index (χ3n) is 3.18. The van der Waals surface area contributed by atoms with Crippen molar-refractivity contribution in [3.8, 4) is 0 Å². The van der Waals surface area contributed by atoms with Crippen LogP contribution in [0, 0.1) is 0 Å². The van der Waals surface area contributed by atoms with E-state index in [0.717, 1.165) is 43.9 Å². The van der Waals surface area contributed by atoms with Gasteiger partial charge in [0.2, 0.25) is 0 Å². The molecule has 0 fully saturated rings. The highest BCUT2D eigenvalue weighted by molar-refractivity contribution is 6.30. The van der Waals surface area contributed by atoms with Crippen molar-refractivity contribution in [2.24, 2.45) is 0 Å². The van der Waals surface area contributed by atoms with Crippen molar-refractivity contribution in [1.29, 1.82) is 0 Å². The van der Waals surface area contributed by atoms with Gasteiger partial charge in [-0.2, -0.15) is 0 Å². The first-order valence-electron chi connectivity index (χ1n) is 7.00. The Morgan fingerprint density at radius 1 is 1.26 bits per heavy atom. The van der Waals surface area contributed by atoms with Crippen molar-refractivity contribution >= 4 is 17.3 Å². The second kappa shape index (κ2) is 9.18.